The van der Waals surface area contributed by atoms with Crippen molar-refractivity contribution in [1.82, 2.24) is 15.2 Å². The zero-order valence-corrected chi connectivity index (χ0v) is 12.0. The van der Waals surface area contributed by atoms with Gasteiger partial charge in [-0.3, -0.25) is 9.89 Å². The van der Waals surface area contributed by atoms with Crippen LogP contribution in [-0.4, -0.2) is 32.2 Å². The van der Waals surface area contributed by atoms with E-state index in [-0.39, 0.29) is 23.0 Å². The smallest absolute Gasteiger partial charge is 0.338 e. The molecular formula is C14H16N4O3. The molecule has 2 rings (SSSR count). The number of nitrogens with zero attached hydrogens (tertiary/aromatic N) is 2. The highest BCUT2D eigenvalue weighted by atomic mass is 16.4. The van der Waals surface area contributed by atoms with Gasteiger partial charge < -0.3 is 10.4 Å². The van der Waals surface area contributed by atoms with Gasteiger partial charge in [0.1, 0.15) is 5.82 Å². The first kappa shape index (κ1) is 14.7. The molecule has 21 heavy (non-hydrogen) atoms. The minimum atomic E-state index is -1.10. The number of rotatable bonds is 4. The number of anilines is 1. The summed E-state index contributed by atoms with van der Waals surface area (Å²) in [7, 11) is 0. The van der Waals surface area contributed by atoms with E-state index in [1.807, 2.05) is 13.8 Å². The number of amides is 1. The SMILES string of the molecule is Cc1cccc(NC(=O)c2n[nH]c(C(C)C)n2)c1C(=O)O. The predicted molar refractivity (Wildman–Crippen MR) is 76.6 cm³/mol. The van der Waals surface area contributed by atoms with Gasteiger partial charge in [-0.25, -0.2) is 9.78 Å². The summed E-state index contributed by atoms with van der Waals surface area (Å²) in [6.07, 6.45) is 0. The van der Waals surface area contributed by atoms with Crippen molar-refractivity contribution in [3.63, 3.8) is 0 Å². The Morgan fingerprint density at radius 3 is 2.62 bits per heavy atom. The number of aryl methyl sites for hydroxylation is 1. The van der Waals surface area contributed by atoms with Gasteiger partial charge in [0.2, 0.25) is 5.82 Å². The summed E-state index contributed by atoms with van der Waals surface area (Å²) in [6, 6.07) is 4.88. The van der Waals surface area contributed by atoms with Crippen molar-refractivity contribution in [3.05, 3.63) is 41.0 Å². The number of carboxylic acid groups (broad SMARTS) is 1. The number of benzene rings is 1. The van der Waals surface area contributed by atoms with Crippen molar-refractivity contribution in [3.8, 4) is 0 Å². The number of carbonyl (C=O) groups excluding carboxylic acids is 1. The van der Waals surface area contributed by atoms with Crippen LogP contribution in [0, 0.1) is 6.92 Å². The average molecular weight is 288 g/mol. The van der Waals surface area contributed by atoms with E-state index in [2.05, 4.69) is 20.5 Å². The molecule has 0 atom stereocenters. The second kappa shape index (κ2) is 5.74. The quantitative estimate of drug-likeness (QED) is 0.799. The molecule has 0 bridgehead atoms. The van der Waals surface area contributed by atoms with E-state index in [9.17, 15) is 14.7 Å². The molecule has 110 valence electrons. The Kier molecular flexibility index (Phi) is 4.02. The number of aromatic carboxylic acids is 1. The van der Waals surface area contributed by atoms with Gasteiger partial charge in [0.25, 0.3) is 5.91 Å². The lowest BCUT2D eigenvalue weighted by Gasteiger charge is -2.09. The lowest BCUT2D eigenvalue weighted by molar-refractivity contribution is 0.0697. The second-order valence-electron chi connectivity index (χ2n) is 4.96. The van der Waals surface area contributed by atoms with Gasteiger partial charge in [-0.15, -0.1) is 5.10 Å². The van der Waals surface area contributed by atoms with E-state index in [0.29, 0.717) is 11.4 Å². The minimum absolute atomic E-state index is 0.0171. The highest BCUT2D eigenvalue weighted by molar-refractivity contribution is 6.06. The zero-order chi connectivity index (χ0) is 15.6. The summed E-state index contributed by atoms with van der Waals surface area (Å²) in [6.45, 7) is 5.51. The van der Waals surface area contributed by atoms with Crippen LogP contribution in [0.15, 0.2) is 18.2 Å². The van der Waals surface area contributed by atoms with Crippen LogP contribution >= 0.6 is 0 Å². The van der Waals surface area contributed by atoms with Crippen LogP contribution in [0.3, 0.4) is 0 Å². The van der Waals surface area contributed by atoms with E-state index in [4.69, 9.17) is 0 Å². The molecule has 1 amide bonds. The molecule has 7 nitrogen and oxygen atoms in total. The van der Waals surface area contributed by atoms with Gasteiger partial charge in [0, 0.05) is 5.92 Å². The Morgan fingerprint density at radius 2 is 2.05 bits per heavy atom. The van der Waals surface area contributed by atoms with Crippen molar-refractivity contribution in [2.45, 2.75) is 26.7 Å². The molecule has 0 saturated heterocycles. The Labute approximate surface area is 121 Å². The van der Waals surface area contributed by atoms with E-state index in [0.717, 1.165) is 0 Å². The average Bonchev–Trinajstić information content (AvgIpc) is 2.88. The standard InChI is InChI=1S/C14H16N4O3/c1-7(2)11-16-12(18-17-11)13(19)15-9-6-4-5-8(3)10(9)14(20)21/h4-7H,1-3H3,(H,15,19)(H,20,21)(H,16,17,18). The molecule has 1 aromatic carbocycles. The summed E-state index contributed by atoms with van der Waals surface area (Å²) < 4.78 is 0. The molecule has 0 fully saturated rings. The first-order valence-corrected chi connectivity index (χ1v) is 6.46. The lowest BCUT2D eigenvalue weighted by Crippen LogP contribution is -2.17. The summed E-state index contributed by atoms with van der Waals surface area (Å²) in [5.41, 5.74) is 0.854. The number of aromatic amines is 1. The number of aromatic nitrogens is 3. The van der Waals surface area contributed by atoms with Crippen LogP contribution in [-0.2, 0) is 0 Å². The van der Waals surface area contributed by atoms with Crippen LogP contribution in [0.25, 0.3) is 0 Å². The monoisotopic (exact) mass is 288 g/mol. The number of H-pyrrole nitrogens is 1. The second-order valence-corrected chi connectivity index (χ2v) is 4.96. The van der Waals surface area contributed by atoms with Crippen molar-refractivity contribution in [2.75, 3.05) is 5.32 Å². The van der Waals surface area contributed by atoms with Crippen LogP contribution in [0.1, 0.15) is 52.1 Å². The van der Waals surface area contributed by atoms with Crippen LogP contribution in [0.2, 0.25) is 0 Å². The maximum atomic E-state index is 12.1. The molecule has 0 aliphatic carbocycles. The molecule has 1 aromatic heterocycles. The summed E-state index contributed by atoms with van der Waals surface area (Å²) in [5, 5.41) is 18.3. The Morgan fingerprint density at radius 1 is 1.33 bits per heavy atom. The topological polar surface area (TPSA) is 108 Å². The first-order chi connectivity index (χ1) is 9.90. The number of hydrogen-bond donors (Lipinski definition) is 3. The zero-order valence-electron chi connectivity index (χ0n) is 12.0. The molecule has 7 heteroatoms. The summed E-state index contributed by atoms with van der Waals surface area (Å²) in [5.74, 6) is -0.945. The van der Waals surface area contributed by atoms with E-state index in [1.54, 1.807) is 19.1 Å². The maximum absolute atomic E-state index is 12.1. The Bertz CT molecular complexity index is 691. The van der Waals surface area contributed by atoms with Gasteiger partial charge >= 0.3 is 5.97 Å². The molecular weight excluding hydrogens is 272 g/mol. The molecule has 0 aliphatic heterocycles. The molecule has 0 spiro atoms. The largest absolute Gasteiger partial charge is 0.478 e. The van der Waals surface area contributed by atoms with Crippen molar-refractivity contribution < 1.29 is 14.7 Å². The van der Waals surface area contributed by atoms with Gasteiger partial charge in [-0.1, -0.05) is 26.0 Å². The lowest BCUT2D eigenvalue weighted by atomic mass is 10.1. The minimum Gasteiger partial charge on any atom is -0.478 e. The number of carboxylic acids is 1. The summed E-state index contributed by atoms with van der Waals surface area (Å²) in [4.78, 5) is 27.4. The number of hydrogen-bond acceptors (Lipinski definition) is 4. The van der Waals surface area contributed by atoms with E-state index in [1.165, 1.54) is 6.07 Å². The Balaban J connectivity index is 2.27. The van der Waals surface area contributed by atoms with Crippen molar-refractivity contribution >= 4 is 17.6 Å². The third-order valence-corrected chi connectivity index (χ3v) is 2.99. The molecule has 1 heterocycles. The number of nitrogens with one attached hydrogen (secondary N) is 2. The maximum Gasteiger partial charge on any atom is 0.338 e. The van der Waals surface area contributed by atoms with Gasteiger partial charge in [0.15, 0.2) is 0 Å². The third kappa shape index (κ3) is 3.07. The normalized spacial score (nSPS) is 10.7. The highest BCUT2D eigenvalue weighted by Gasteiger charge is 2.18. The molecule has 0 saturated carbocycles. The van der Waals surface area contributed by atoms with Gasteiger partial charge in [-0.2, -0.15) is 0 Å². The van der Waals surface area contributed by atoms with Crippen LogP contribution in [0.5, 0.6) is 0 Å². The first-order valence-electron chi connectivity index (χ1n) is 6.46. The molecule has 0 unspecified atom stereocenters. The molecule has 0 radical (unpaired) electrons. The van der Waals surface area contributed by atoms with Gasteiger partial charge in [-0.05, 0) is 18.6 Å². The number of carbonyl (C=O) groups is 2. The van der Waals surface area contributed by atoms with Gasteiger partial charge in [0.05, 0.1) is 11.3 Å². The third-order valence-electron chi connectivity index (χ3n) is 2.99. The van der Waals surface area contributed by atoms with E-state index >= 15 is 0 Å². The fourth-order valence-electron chi connectivity index (χ4n) is 1.87. The highest BCUT2D eigenvalue weighted by Crippen LogP contribution is 2.20. The van der Waals surface area contributed by atoms with Crippen molar-refractivity contribution in [1.29, 1.82) is 0 Å². The van der Waals surface area contributed by atoms with E-state index < -0.39 is 11.9 Å². The fraction of sp³-hybridized carbons (Fsp3) is 0.286. The van der Waals surface area contributed by atoms with Crippen molar-refractivity contribution in [2.24, 2.45) is 0 Å². The Hall–Kier alpha value is -2.70. The predicted octanol–water partition coefficient (Wildman–Crippen LogP) is 2.19. The fourth-order valence-corrected chi connectivity index (χ4v) is 1.87. The molecule has 2 aromatic rings. The van der Waals surface area contributed by atoms with Crippen LogP contribution in [0.4, 0.5) is 5.69 Å². The molecule has 3 N–H and O–H groups in total. The van der Waals surface area contributed by atoms with Crippen LogP contribution < -0.4 is 5.32 Å². The summed E-state index contributed by atoms with van der Waals surface area (Å²) >= 11 is 0. The molecule has 0 aliphatic rings.